The van der Waals surface area contributed by atoms with E-state index in [1.165, 1.54) is 16.8 Å². The molecule has 0 aliphatic heterocycles. The summed E-state index contributed by atoms with van der Waals surface area (Å²) in [5, 5.41) is 0.473. The largest absolute Gasteiger partial charge is 0.325 e. The third kappa shape index (κ3) is 2.87. The van der Waals surface area contributed by atoms with Gasteiger partial charge >= 0.3 is 0 Å². The lowest BCUT2D eigenvalue weighted by molar-refractivity contribution is 0.573. The van der Waals surface area contributed by atoms with Gasteiger partial charge in [-0.05, 0) is 18.6 Å². The van der Waals surface area contributed by atoms with Crippen molar-refractivity contribution in [3.8, 4) is 0 Å². The number of nitrogens with zero attached hydrogens (tertiary/aromatic N) is 4. The molecule has 0 amide bonds. The zero-order chi connectivity index (χ0) is 17.5. The van der Waals surface area contributed by atoms with E-state index >= 15 is 0 Å². The van der Waals surface area contributed by atoms with Crippen molar-refractivity contribution in [2.75, 3.05) is 0 Å². The Morgan fingerprint density at radius 2 is 1.75 bits per heavy atom. The minimum Gasteiger partial charge on any atom is -0.325 e. The van der Waals surface area contributed by atoms with Crippen LogP contribution in [0.25, 0.3) is 11.0 Å². The Labute approximate surface area is 149 Å². The lowest BCUT2D eigenvalue weighted by Crippen LogP contribution is -2.14. The van der Waals surface area contributed by atoms with Crippen molar-refractivity contribution in [3.63, 3.8) is 0 Å². The summed E-state index contributed by atoms with van der Waals surface area (Å²) in [5.41, 5.74) is 1.27. The highest BCUT2D eigenvalue weighted by Gasteiger charge is 2.28. The smallest absolute Gasteiger partial charge is 0.259 e. The van der Waals surface area contributed by atoms with Crippen LogP contribution in [0.5, 0.6) is 0 Å². The van der Waals surface area contributed by atoms with Crippen LogP contribution < -0.4 is 0 Å². The molecule has 0 bridgehead atoms. The molecular weight excluding hydrogens is 371 g/mol. The predicted octanol–water partition coefficient (Wildman–Crippen LogP) is 3.46. The molecule has 3 rings (SSSR count). The first-order valence-corrected chi connectivity index (χ1v) is 9.46. The number of fused-ring (bicyclic) bond motifs is 1. The van der Waals surface area contributed by atoms with E-state index in [1.54, 1.807) is 19.3 Å². The Morgan fingerprint density at radius 3 is 2.29 bits per heavy atom. The average molecular weight is 385 g/mol. The second kappa shape index (κ2) is 6.31. The van der Waals surface area contributed by atoms with Gasteiger partial charge in [0.1, 0.15) is 0 Å². The van der Waals surface area contributed by atoms with Crippen molar-refractivity contribution < 1.29 is 8.42 Å². The fraction of sp³-hybridized carbons (Fsp3) is 0.267. The molecule has 2 heterocycles. The monoisotopic (exact) mass is 384 g/mol. The van der Waals surface area contributed by atoms with Crippen LogP contribution in [0, 0.1) is 0 Å². The first-order chi connectivity index (χ1) is 11.3. The summed E-state index contributed by atoms with van der Waals surface area (Å²) in [6.07, 6.45) is 4.20. The highest BCUT2D eigenvalue weighted by molar-refractivity contribution is 7.91. The van der Waals surface area contributed by atoms with E-state index in [1.807, 2.05) is 6.92 Å². The number of rotatable bonds is 4. The second-order valence-corrected chi connectivity index (χ2v) is 7.88. The van der Waals surface area contributed by atoms with Gasteiger partial charge in [0.25, 0.3) is 9.84 Å². The second-order valence-electron chi connectivity index (χ2n) is 5.30. The van der Waals surface area contributed by atoms with Crippen molar-refractivity contribution in [1.29, 1.82) is 0 Å². The lowest BCUT2D eigenvalue weighted by Gasteiger charge is -2.10. The van der Waals surface area contributed by atoms with Crippen molar-refractivity contribution in [3.05, 3.63) is 40.3 Å². The summed E-state index contributed by atoms with van der Waals surface area (Å²) in [7, 11) is -2.28. The third-order valence-electron chi connectivity index (χ3n) is 3.50. The van der Waals surface area contributed by atoms with Gasteiger partial charge in [0, 0.05) is 19.4 Å². The molecule has 126 valence electrons. The van der Waals surface area contributed by atoms with Crippen LogP contribution in [-0.2, 0) is 23.3 Å². The number of aromatic nitrogens is 4. The molecule has 1 aromatic carbocycles. The Bertz CT molecular complexity index is 1030. The van der Waals surface area contributed by atoms with E-state index in [9.17, 15) is 8.42 Å². The van der Waals surface area contributed by atoms with Crippen molar-refractivity contribution in [2.45, 2.75) is 29.9 Å². The third-order valence-corrected chi connectivity index (χ3v) is 5.93. The van der Waals surface area contributed by atoms with E-state index in [4.69, 9.17) is 23.2 Å². The zero-order valence-electron chi connectivity index (χ0n) is 13.0. The van der Waals surface area contributed by atoms with Gasteiger partial charge < -0.3 is 4.57 Å². The fourth-order valence-corrected chi connectivity index (χ4v) is 4.19. The van der Waals surface area contributed by atoms with Gasteiger partial charge in [-0.15, -0.1) is 0 Å². The standard InChI is InChI=1S/C15H14Cl2N4O2S/c1-3-4-11-14(24(22,23)15-18-5-6-21(15)2)20-13-8-10(17)9(16)7-12(13)19-11/h5-8H,3-4H2,1-2H3. The Balaban J connectivity index is 2.31. The molecule has 0 radical (unpaired) electrons. The zero-order valence-corrected chi connectivity index (χ0v) is 15.3. The fourth-order valence-electron chi connectivity index (χ4n) is 2.38. The molecule has 0 aliphatic carbocycles. The van der Waals surface area contributed by atoms with Crippen molar-refractivity contribution in [1.82, 2.24) is 19.5 Å². The summed E-state index contributed by atoms with van der Waals surface area (Å²) in [6, 6.07) is 3.10. The van der Waals surface area contributed by atoms with Gasteiger partial charge in [-0.1, -0.05) is 36.5 Å². The number of hydrogen-bond donors (Lipinski definition) is 0. The molecule has 6 nitrogen and oxygen atoms in total. The van der Waals surface area contributed by atoms with E-state index in [0.29, 0.717) is 33.2 Å². The lowest BCUT2D eigenvalue weighted by atomic mass is 10.2. The van der Waals surface area contributed by atoms with E-state index < -0.39 is 9.84 Å². The Morgan fingerprint density at radius 1 is 1.12 bits per heavy atom. The maximum absolute atomic E-state index is 13.0. The number of imidazole rings is 1. The molecule has 0 spiro atoms. The number of hydrogen-bond acceptors (Lipinski definition) is 5. The normalized spacial score (nSPS) is 12.0. The maximum atomic E-state index is 13.0. The molecule has 0 N–H and O–H groups in total. The van der Waals surface area contributed by atoms with E-state index in [2.05, 4.69) is 15.0 Å². The summed E-state index contributed by atoms with van der Waals surface area (Å²) in [6.45, 7) is 1.94. The molecular formula is C15H14Cl2N4O2S. The molecule has 0 saturated carbocycles. The molecule has 0 unspecified atom stereocenters. The van der Waals surface area contributed by atoms with Gasteiger partial charge in [-0.25, -0.2) is 23.4 Å². The van der Waals surface area contributed by atoms with Gasteiger partial charge in [0.15, 0.2) is 5.03 Å². The predicted molar refractivity (Wildman–Crippen MR) is 92.2 cm³/mol. The Hall–Kier alpha value is -1.70. The SMILES string of the molecule is CCCc1nc2cc(Cl)c(Cl)cc2nc1S(=O)(=O)c1nccn1C. The van der Waals surface area contributed by atoms with Crippen molar-refractivity contribution in [2.24, 2.45) is 7.05 Å². The Kier molecular flexibility index (Phi) is 4.50. The molecule has 24 heavy (non-hydrogen) atoms. The molecule has 0 fully saturated rings. The van der Waals surface area contributed by atoms with Gasteiger partial charge in [0.2, 0.25) is 5.16 Å². The highest BCUT2D eigenvalue weighted by Crippen LogP contribution is 2.29. The molecule has 2 aromatic heterocycles. The van der Waals surface area contributed by atoms with E-state index in [-0.39, 0.29) is 10.2 Å². The maximum Gasteiger partial charge on any atom is 0.259 e. The minimum atomic E-state index is -3.89. The average Bonchev–Trinajstić information content (AvgIpc) is 2.95. The number of aryl methyl sites for hydroxylation is 2. The van der Waals surface area contributed by atoms with Crippen LogP contribution in [0.1, 0.15) is 19.0 Å². The van der Waals surface area contributed by atoms with Gasteiger partial charge in [-0.3, -0.25) is 0 Å². The van der Waals surface area contributed by atoms with Crippen LogP contribution in [0.2, 0.25) is 10.0 Å². The number of benzene rings is 1. The summed E-state index contributed by atoms with van der Waals surface area (Å²) in [4.78, 5) is 12.7. The summed E-state index contributed by atoms with van der Waals surface area (Å²) in [5.74, 6) is 0. The van der Waals surface area contributed by atoms with Crippen molar-refractivity contribution >= 4 is 44.1 Å². The number of sulfone groups is 1. The quantitative estimate of drug-likeness (QED) is 0.688. The highest BCUT2D eigenvalue weighted by atomic mass is 35.5. The number of halogens is 2. The molecule has 3 aromatic rings. The van der Waals surface area contributed by atoms with Crippen LogP contribution in [-0.4, -0.2) is 27.9 Å². The first-order valence-electron chi connectivity index (χ1n) is 7.22. The topological polar surface area (TPSA) is 77.7 Å². The molecule has 0 atom stereocenters. The van der Waals surface area contributed by atoms with Gasteiger partial charge in [-0.2, -0.15) is 0 Å². The molecule has 9 heteroatoms. The molecule has 0 aliphatic rings. The minimum absolute atomic E-state index is 0.0754. The van der Waals surface area contributed by atoms with Crippen LogP contribution in [0.3, 0.4) is 0 Å². The van der Waals surface area contributed by atoms with Gasteiger partial charge in [0.05, 0.1) is 26.8 Å². The summed E-state index contributed by atoms with van der Waals surface area (Å²) < 4.78 is 27.4. The first kappa shape index (κ1) is 17.1. The molecule has 0 saturated heterocycles. The summed E-state index contributed by atoms with van der Waals surface area (Å²) >= 11 is 12.0. The van der Waals surface area contributed by atoms with Crippen LogP contribution in [0.15, 0.2) is 34.7 Å². The van der Waals surface area contributed by atoms with E-state index in [0.717, 1.165) is 6.42 Å². The van der Waals surface area contributed by atoms with Crippen LogP contribution in [0.4, 0.5) is 0 Å². The van der Waals surface area contributed by atoms with Crippen LogP contribution >= 0.6 is 23.2 Å².